The van der Waals surface area contributed by atoms with Crippen molar-refractivity contribution in [3.05, 3.63) is 46.6 Å². The van der Waals surface area contributed by atoms with E-state index in [0.29, 0.717) is 6.04 Å². The molecular weight excluding hydrogens is 234 g/mol. The van der Waals surface area contributed by atoms with Crippen LogP contribution in [-0.2, 0) is 6.42 Å². The molecule has 1 aliphatic heterocycles. The third-order valence-corrected chi connectivity index (χ3v) is 4.05. The van der Waals surface area contributed by atoms with Crippen molar-refractivity contribution in [1.82, 2.24) is 9.78 Å². The maximum absolute atomic E-state index is 4.61. The molecule has 2 aromatic rings. The molecule has 19 heavy (non-hydrogen) atoms. The lowest BCUT2D eigenvalue weighted by molar-refractivity contribution is 0.479. The quantitative estimate of drug-likeness (QED) is 0.890. The molecule has 3 rings (SSSR count). The first-order chi connectivity index (χ1) is 9.20. The van der Waals surface area contributed by atoms with Gasteiger partial charge in [0.25, 0.3) is 0 Å². The van der Waals surface area contributed by atoms with Crippen LogP contribution in [0.4, 0.5) is 5.82 Å². The van der Waals surface area contributed by atoms with E-state index in [4.69, 9.17) is 0 Å². The van der Waals surface area contributed by atoms with E-state index < -0.39 is 0 Å². The summed E-state index contributed by atoms with van der Waals surface area (Å²) in [5, 5.41) is 8.11. The van der Waals surface area contributed by atoms with Crippen LogP contribution in [0.3, 0.4) is 0 Å². The van der Waals surface area contributed by atoms with Gasteiger partial charge in [-0.1, -0.05) is 30.7 Å². The Kier molecular flexibility index (Phi) is 3.05. The molecule has 3 nitrogen and oxygen atoms in total. The van der Waals surface area contributed by atoms with Crippen LogP contribution in [0.15, 0.2) is 24.4 Å². The van der Waals surface area contributed by atoms with E-state index in [2.05, 4.69) is 54.1 Å². The Morgan fingerprint density at radius 3 is 3.00 bits per heavy atom. The molecule has 0 saturated carbocycles. The number of aromatic nitrogens is 2. The zero-order chi connectivity index (χ0) is 13.4. The first-order valence-electron chi connectivity index (χ1n) is 7.08. The van der Waals surface area contributed by atoms with Gasteiger partial charge in [-0.2, -0.15) is 5.10 Å². The zero-order valence-electron chi connectivity index (χ0n) is 11.9. The monoisotopic (exact) mass is 255 g/mol. The van der Waals surface area contributed by atoms with Crippen LogP contribution < -0.4 is 5.32 Å². The summed E-state index contributed by atoms with van der Waals surface area (Å²) in [7, 11) is 0. The summed E-state index contributed by atoms with van der Waals surface area (Å²) in [6, 6.07) is 7.08. The minimum absolute atomic E-state index is 0.372. The van der Waals surface area contributed by atoms with Crippen molar-refractivity contribution in [1.29, 1.82) is 0 Å². The number of fused-ring (bicyclic) bond motifs is 1. The fourth-order valence-corrected chi connectivity index (χ4v) is 2.94. The van der Waals surface area contributed by atoms with E-state index in [9.17, 15) is 0 Å². The highest BCUT2D eigenvalue weighted by Crippen LogP contribution is 2.33. The second kappa shape index (κ2) is 4.72. The molecule has 1 aromatic heterocycles. The maximum atomic E-state index is 4.61. The summed E-state index contributed by atoms with van der Waals surface area (Å²) in [4.78, 5) is 0. The zero-order valence-corrected chi connectivity index (χ0v) is 11.9. The molecule has 0 fully saturated rings. The van der Waals surface area contributed by atoms with Crippen LogP contribution in [0.25, 0.3) is 0 Å². The van der Waals surface area contributed by atoms with Crippen LogP contribution in [0.1, 0.15) is 41.6 Å². The number of anilines is 1. The van der Waals surface area contributed by atoms with Gasteiger partial charge >= 0.3 is 0 Å². The highest BCUT2D eigenvalue weighted by atomic mass is 15.4. The summed E-state index contributed by atoms with van der Waals surface area (Å²) in [5.74, 6) is 1.21. The third kappa shape index (κ3) is 2.03. The molecule has 0 amide bonds. The molecule has 0 radical (unpaired) electrons. The van der Waals surface area contributed by atoms with Gasteiger partial charge in [-0.15, -0.1) is 0 Å². The number of aryl methyl sites for hydroxylation is 3. The molecule has 100 valence electrons. The smallest absolute Gasteiger partial charge is 0.128 e. The summed E-state index contributed by atoms with van der Waals surface area (Å²) in [6.45, 7) is 7.56. The number of hydrogen-bond donors (Lipinski definition) is 1. The first kappa shape index (κ1) is 12.3. The van der Waals surface area contributed by atoms with E-state index in [1.54, 1.807) is 0 Å². The van der Waals surface area contributed by atoms with Gasteiger partial charge in [-0.05, 0) is 37.8 Å². The SMILES string of the molecule is CCc1cnn2c1NCCC2c1cc(C)ccc1C. The van der Waals surface area contributed by atoms with Crippen LogP contribution in [0, 0.1) is 13.8 Å². The Morgan fingerprint density at radius 1 is 1.37 bits per heavy atom. The molecule has 0 spiro atoms. The number of rotatable bonds is 2. The number of hydrogen-bond acceptors (Lipinski definition) is 2. The van der Waals surface area contributed by atoms with Crippen LogP contribution in [0.2, 0.25) is 0 Å². The highest BCUT2D eigenvalue weighted by Gasteiger charge is 2.24. The van der Waals surface area contributed by atoms with Crippen LogP contribution >= 0.6 is 0 Å². The largest absolute Gasteiger partial charge is 0.370 e. The second-order valence-corrected chi connectivity index (χ2v) is 5.41. The van der Waals surface area contributed by atoms with Crippen molar-refractivity contribution in [2.24, 2.45) is 0 Å². The lowest BCUT2D eigenvalue weighted by Crippen LogP contribution is -2.25. The lowest BCUT2D eigenvalue weighted by atomic mass is 9.96. The van der Waals surface area contributed by atoms with E-state index in [0.717, 1.165) is 19.4 Å². The molecule has 1 atom stereocenters. The van der Waals surface area contributed by atoms with Crippen LogP contribution in [0.5, 0.6) is 0 Å². The molecular formula is C16H21N3. The van der Waals surface area contributed by atoms with Gasteiger partial charge in [0.1, 0.15) is 5.82 Å². The van der Waals surface area contributed by atoms with E-state index >= 15 is 0 Å². The van der Waals surface area contributed by atoms with Gasteiger partial charge in [0.15, 0.2) is 0 Å². The molecule has 0 saturated heterocycles. The Morgan fingerprint density at radius 2 is 2.21 bits per heavy atom. The number of nitrogens with zero attached hydrogens (tertiary/aromatic N) is 2. The second-order valence-electron chi connectivity index (χ2n) is 5.41. The van der Waals surface area contributed by atoms with Gasteiger partial charge in [-0.25, -0.2) is 4.68 Å². The molecule has 1 unspecified atom stereocenters. The maximum Gasteiger partial charge on any atom is 0.128 e. The molecule has 3 heteroatoms. The van der Waals surface area contributed by atoms with E-state index in [1.807, 2.05) is 6.20 Å². The molecule has 1 aliphatic rings. The van der Waals surface area contributed by atoms with Crippen LogP contribution in [-0.4, -0.2) is 16.3 Å². The molecule has 1 N–H and O–H groups in total. The fraction of sp³-hybridized carbons (Fsp3) is 0.438. The summed E-state index contributed by atoms with van der Waals surface area (Å²) >= 11 is 0. The summed E-state index contributed by atoms with van der Waals surface area (Å²) < 4.78 is 2.17. The van der Waals surface area contributed by atoms with E-state index in [-0.39, 0.29) is 0 Å². The highest BCUT2D eigenvalue weighted by molar-refractivity contribution is 5.48. The average molecular weight is 255 g/mol. The fourth-order valence-electron chi connectivity index (χ4n) is 2.94. The summed E-state index contributed by atoms with van der Waals surface area (Å²) in [5.41, 5.74) is 5.41. The Bertz CT molecular complexity index is 598. The minimum Gasteiger partial charge on any atom is -0.370 e. The predicted octanol–water partition coefficient (Wildman–Crippen LogP) is 3.47. The van der Waals surface area contributed by atoms with Crippen molar-refractivity contribution < 1.29 is 0 Å². The van der Waals surface area contributed by atoms with Crippen molar-refractivity contribution in [2.45, 2.75) is 39.7 Å². The molecule has 1 aromatic carbocycles. The van der Waals surface area contributed by atoms with Gasteiger partial charge in [0.2, 0.25) is 0 Å². The average Bonchev–Trinajstić information content (AvgIpc) is 2.84. The predicted molar refractivity (Wildman–Crippen MR) is 78.8 cm³/mol. The van der Waals surface area contributed by atoms with Crippen molar-refractivity contribution >= 4 is 5.82 Å². The molecule has 0 bridgehead atoms. The number of nitrogens with one attached hydrogen (secondary N) is 1. The number of benzene rings is 1. The third-order valence-electron chi connectivity index (χ3n) is 4.05. The Labute approximate surface area is 114 Å². The summed E-state index contributed by atoms with van der Waals surface area (Å²) in [6.07, 6.45) is 4.13. The molecule has 0 aliphatic carbocycles. The first-order valence-corrected chi connectivity index (χ1v) is 7.08. The van der Waals surface area contributed by atoms with E-state index in [1.165, 1.54) is 28.1 Å². The Balaban J connectivity index is 2.08. The standard InChI is InChI=1S/C16H21N3/c1-4-13-10-18-19-15(7-8-17-16(13)19)14-9-11(2)5-6-12(14)3/h5-6,9-10,15,17H,4,7-8H2,1-3H3. The lowest BCUT2D eigenvalue weighted by Gasteiger charge is -2.28. The van der Waals surface area contributed by atoms with Gasteiger partial charge < -0.3 is 5.32 Å². The van der Waals surface area contributed by atoms with Gasteiger partial charge in [0, 0.05) is 12.1 Å². The normalized spacial score (nSPS) is 17.9. The van der Waals surface area contributed by atoms with Gasteiger partial charge in [0.05, 0.1) is 12.2 Å². The van der Waals surface area contributed by atoms with Gasteiger partial charge in [-0.3, -0.25) is 0 Å². The van der Waals surface area contributed by atoms with Crippen molar-refractivity contribution in [3.8, 4) is 0 Å². The Hall–Kier alpha value is -1.77. The topological polar surface area (TPSA) is 29.9 Å². The molecule has 2 heterocycles. The minimum atomic E-state index is 0.372. The van der Waals surface area contributed by atoms with Crippen molar-refractivity contribution in [2.75, 3.05) is 11.9 Å². The van der Waals surface area contributed by atoms with Crippen molar-refractivity contribution in [3.63, 3.8) is 0 Å².